The van der Waals surface area contributed by atoms with Crippen LogP contribution in [0.15, 0.2) is 24.3 Å². The summed E-state index contributed by atoms with van der Waals surface area (Å²) < 4.78 is 46.7. The van der Waals surface area contributed by atoms with E-state index in [1.807, 2.05) is 41.5 Å². The predicted molar refractivity (Wildman–Crippen MR) is 167 cm³/mol. The van der Waals surface area contributed by atoms with Gasteiger partial charge < -0.3 is 24.2 Å². The zero-order chi connectivity index (χ0) is 32.8. The van der Waals surface area contributed by atoms with Crippen LogP contribution in [0.25, 0.3) is 11.1 Å². The van der Waals surface area contributed by atoms with Crippen molar-refractivity contribution in [3.05, 3.63) is 80.4 Å². The molecular weight excluding hydrogens is 580 g/mol. The Balaban J connectivity index is 1.68. The molecule has 0 saturated heterocycles. The first-order valence-corrected chi connectivity index (χ1v) is 15.4. The molecule has 0 fully saturated rings. The van der Waals surface area contributed by atoms with Crippen molar-refractivity contribution < 1.29 is 37.7 Å². The van der Waals surface area contributed by atoms with Crippen LogP contribution in [0.3, 0.4) is 0 Å². The fourth-order valence-corrected chi connectivity index (χ4v) is 6.79. The number of benzene rings is 3. The van der Waals surface area contributed by atoms with Gasteiger partial charge in [0.1, 0.15) is 0 Å². The molecular formula is C36H41F2NO6. The quantitative estimate of drug-likeness (QED) is 0.317. The molecule has 45 heavy (non-hydrogen) atoms. The van der Waals surface area contributed by atoms with Crippen LogP contribution in [0.2, 0.25) is 0 Å². The molecule has 2 aliphatic heterocycles. The van der Waals surface area contributed by atoms with Crippen LogP contribution in [0.1, 0.15) is 82.6 Å². The summed E-state index contributed by atoms with van der Waals surface area (Å²) in [6, 6.07) is 5.53. The number of carboxylic acids is 1. The molecule has 1 amide bonds. The minimum Gasteiger partial charge on any atom is -0.494 e. The van der Waals surface area contributed by atoms with E-state index in [0.29, 0.717) is 61.2 Å². The number of hydrogen-bond acceptors (Lipinski definition) is 5. The third-order valence-corrected chi connectivity index (χ3v) is 8.93. The van der Waals surface area contributed by atoms with Crippen LogP contribution >= 0.6 is 0 Å². The summed E-state index contributed by atoms with van der Waals surface area (Å²) in [6.07, 6.45) is 1.10. The van der Waals surface area contributed by atoms with E-state index in [2.05, 4.69) is 0 Å². The van der Waals surface area contributed by atoms with Crippen molar-refractivity contribution >= 4 is 11.9 Å². The molecule has 1 N–H and O–H groups in total. The summed E-state index contributed by atoms with van der Waals surface area (Å²) in [5.41, 5.74) is 6.52. The standard InChI is InChI=1S/C36H41F2NO6/c1-19-25-9-8-16-44-32(25)28(38)18-26(19)30-20(2)23-12-14-39(34(40)22-10-11-27(37)29(17-22)43-7)15-13-24(23)21(3)31(30)33(35(41)42)45-36(4,5)6/h10-11,17-18,33H,8-9,12-16H2,1-7H3,(H,41,42)/t33-/m0/s1. The molecule has 0 aromatic heterocycles. The molecule has 7 nitrogen and oxygen atoms in total. The molecule has 3 aromatic rings. The van der Waals surface area contributed by atoms with Crippen LogP contribution < -0.4 is 9.47 Å². The van der Waals surface area contributed by atoms with Crippen molar-refractivity contribution in [1.29, 1.82) is 0 Å². The number of aliphatic carboxylic acids is 1. The molecule has 240 valence electrons. The average Bonchev–Trinajstić information content (AvgIpc) is 3.23. The predicted octanol–water partition coefficient (Wildman–Crippen LogP) is 7.07. The number of ether oxygens (including phenoxy) is 3. The first-order valence-electron chi connectivity index (χ1n) is 15.4. The number of halogens is 2. The Hall–Kier alpha value is -3.98. The molecule has 1 atom stereocenters. The first-order chi connectivity index (χ1) is 21.2. The van der Waals surface area contributed by atoms with Gasteiger partial charge in [0.2, 0.25) is 0 Å². The Morgan fingerprint density at radius 1 is 0.933 bits per heavy atom. The number of carbonyl (C=O) groups excluding carboxylic acids is 1. The van der Waals surface area contributed by atoms with Crippen molar-refractivity contribution in [2.24, 2.45) is 0 Å². The van der Waals surface area contributed by atoms with E-state index in [-0.39, 0.29) is 17.4 Å². The number of carboxylic acid groups (broad SMARTS) is 1. The van der Waals surface area contributed by atoms with Crippen LogP contribution in [0.4, 0.5) is 8.78 Å². The van der Waals surface area contributed by atoms with Gasteiger partial charge in [0, 0.05) is 29.8 Å². The van der Waals surface area contributed by atoms with E-state index >= 15 is 4.39 Å². The average molecular weight is 622 g/mol. The number of hydrogen-bond donors (Lipinski definition) is 1. The van der Waals surface area contributed by atoms with E-state index in [4.69, 9.17) is 14.2 Å². The molecule has 0 aliphatic carbocycles. The summed E-state index contributed by atoms with van der Waals surface area (Å²) in [5, 5.41) is 10.5. The monoisotopic (exact) mass is 621 g/mol. The third-order valence-electron chi connectivity index (χ3n) is 8.93. The van der Waals surface area contributed by atoms with E-state index in [9.17, 15) is 19.1 Å². The lowest BCUT2D eigenvalue weighted by molar-refractivity contribution is -0.160. The molecule has 3 aromatic carbocycles. The largest absolute Gasteiger partial charge is 0.494 e. The lowest BCUT2D eigenvalue weighted by Gasteiger charge is -2.31. The maximum absolute atomic E-state index is 15.6. The van der Waals surface area contributed by atoms with Gasteiger partial charge in [-0.15, -0.1) is 0 Å². The number of carbonyl (C=O) groups is 2. The highest BCUT2D eigenvalue weighted by Crippen LogP contribution is 2.46. The fourth-order valence-electron chi connectivity index (χ4n) is 6.79. The van der Waals surface area contributed by atoms with E-state index in [0.717, 1.165) is 39.8 Å². The Morgan fingerprint density at radius 3 is 2.22 bits per heavy atom. The van der Waals surface area contributed by atoms with Gasteiger partial charge >= 0.3 is 5.97 Å². The number of amides is 1. The summed E-state index contributed by atoms with van der Waals surface area (Å²) in [7, 11) is 1.35. The molecule has 0 radical (unpaired) electrons. The lowest BCUT2D eigenvalue weighted by atomic mass is 9.79. The van der Waals surface area contributed by atoms with Crippen molar-refractivity contribution in [3.63, 3.8) is 0 Å². The Labute approximate surface area is 263 Å². The SMILES string of the molecule is COc1cc(C(=O)N2CCc3c(C)c(-c4cc(F)c5c(c4C)CCCO5)c([C@H](OC(C)(C)C)C(=O)O)c(C)c3CC2)ccc1F. The second-order valence-corrected chi connectivity index (χ2v) is 12.9. The van der Waals surface area contributed by atoms with Gasteiger partial charge in [-0.3, -0.25) is 4.79 Å². The molecule has 0 saturated carbocycles. The normalized spacial score (nSPS) is 15.4. The van der Waals surface area contributed by atoms with Crippen molar-refractivity contribution in [2.45, 2.75) is 78.9 Å². The van der Waals surface area contributed by atoms with E-state index in [1.165, 1.54) is 31.4 Å². The summed E-state index contributed by atoms with van der Waals surface area (Å²) in [5.74, 6) is -2.14. The van der Waals surface area contributed by atoms with Crippen LogP contribution in [-0.2, 0) is 28.8 Å². The van der Waals surface area contributed by atoms with Crippen molar-refractivity contribution in [1.82, 2.24) is 4.90 Å². The highest BCUT2D eigenvalue weighted by molar-refractivity contribution is 5.95. The fraction of sp³-hybridized carbons (Fsp3) is 0.444. The molecule has 5 rings (SSSR count). The molecule has 2 heterocycles. The number of nitrogens with zero attached hydrogens (tertiary/aromatic N) is 1. The van der Waals surface area contributed by atoms with Gasteiger partial charge in [-0.25, -0.2) is 13.6 Å². The molecule has 0 spiro atoms. The van der Waals surface area contributed by atoms with Gasteiger partial charge in [-0.1, -0.05) is 0 Å². The smallest absolute Gasteiger partial charge is 0.337 e. The highest BCUT2D eigenvalue weighted by atomic mass is 19.1. The van der Waals surface area contributed by atoms with Gasteiger partial charge in [0.15, 0.2) is 29.2 Å². The molecule has 0 unspecified atom stereocenters. The Morgan fingerprint density at radius 2 is 1.60 bits per heavy atom. The second-order valence-electron chi connectivity index (χ2n) is 12.9. The summed E-state index contributed by atoms with van der Waals surface area (Å²) in [4.78, 5) is 28.2. The Bertz CT molecular complexity index is 1680. The highest BCUT2D eigenvalue weighted by Gasteiger charge is 2.36. The molecule has 2 aliphatic rings. The van der Waals surface area contributed by atoms with Gasteiger partial charge in [0.25, 0.3) is 5.91 Å². The zero-order valence-corrected chi connectivity index (χ0v) is 27.0. The minimum atomic E-state index is -1.31. The number of rotatable bonds is 6. The summed E-state index contributed by atoms with van der Waals surface area (Å²) >= 11 is 0. The van der Waals surface area contributed by atoms with Gasteiger partial charge in [-0.2, -0.15) is 0 Å². The summed E-state index contributed by atoms with van der Waals surface area (Å²) in [6.45, 7) is 12.4. The second kappa shape index (κ2) is 12.4. The first kappa shape index (κ1) is 32.4. The molecule has 9 heteroatoms. The Kier molecular flexibility index (Phi) is 8.95. The minimum absolute atomic E-state index is 0.00320. The van der Waals surface area contributed by atoms with Crippen LogP contribution in [0.5, 0.6) is 11.5 Å². The number of fused-ring (bicyclic) bond motifs is 2. The zero-order valence-electron chi connectivity index (χ0n) is 27.0. The maximum Gasteiger partial charge on any atom is 0.337 e. The number of methoxy groups -OCH3 is 1. The van der Waals surface area contributed by atoms with Gasteiger partial charge in [0.05, 0.1) is 19.3 Å². The lowest BCUT2D eigenvalue weighted by Crippen LogP contribution is -2.33. The van der Waals surface area contributed by atoms with Crippen molar-refractivity contribution in [2.75, 3.05) is 26.8 Å². The van der Waals surface area contributed by atoms with Crippen molar-refractivity contribution in [3.8, 4) is 22.6 Å². The van der Waals surface area contributed by atoms with Crippen LogP contribution in [0, 0.1) is 32.4 Å². The van der Waals surface area contributed by atoms with Gasteiger partial charge in [-0.05, 0) is 130 Å². The third kappa shape index (κ3) is 6.15. The maximum atomic E-state index is 15.6. The molecule has 0 bridgehead atoms. The van der Waals surface area contributed by atoms with E-state index in [1.54, 1.807) is 4.90 Å². The van der Waals surface area contributed by atoms with Crippen LogP contribution in [-0.4, -0.2) is 54.3 Å². The van der Waals surface area contributed by atoms with E-state index < -0.39 is 29.3 Å². The topological polar surface area (TPSA) is 85.3 Å².